The van der Waals surface area contributed by atoms with Crippen LogP contribution in [0.2, 0.25) is 0 Å². The molecule has 2 atom stereocenters. The third kappa shape index (κ3) is 14.9. The average molecular weight is 379 g/mol. The smallest absolute Gasteiger partial charge is 0.158 e. The van der Waals surface area contributed by atoms with E-state index >= 15 is 0 Å². The van der Waals surface area contributed by atoms with Crippen LogP contribution in [-0.4, -0.2) is 65.1 Å². The SMILES string of the molecule is C(CCCOSOCCCCCCOCC1CO1)CCOCC1CO1. The Morgan fingerprint density at radius 3 is 1.40 bits per heavy atom. The summed E-state index contributed by atoms with van der Waals surface area (Å²) in [7, 11) is 0. The molecule has 148 valence electrons. The van der Waals surface area contributed by atoms with Crippen LogP contribution in [-0.2, 0) is 27.3 Å². The number of hydrogen-bond donors (Lipinski definition) is 0. The van der Waals surface area contributed by atoms with Gasteiger partial charge in [0, 0.05) is 13.2 Å². The van der Waals surface area contributed by atoms with Crippen molar-refractivity contribution in [3.05, 3.63) is 0 Å². The van der Waals surface area contributed by atoms with E-state index in [0.29, 0.717) is 12.2 Å². The van der Waals surface area contributed by atoms with E-state index in [1.165, 1.54) is 25.7 Å². The standard InChI is InChI=1S/C18H34O6S/c1(5-9-19-13-17-15-21-17)3-7-11-23-25-24-12-8-4-2-6-10-20-14-18-16-22-18/h17-18H,1-16H2. The highest BCUT2D eigenvalue weighted by Crippen LogP contribution is 2.12. The van der Waals surface area contributed by atoms with Crippen LogP contribution < -0.4 is 0 Å². The van der Waals surface area contributed by atoms with Gasteiger partial charge in [0.2, 0.25) is 0 Å². The van der Waals surface area contributed by atoms with E-state index in [1.54, 1.807) is 0 Å². The zero-order valence-corrected chi connectivity index (χ0v) is 16.1. The van der Waals surface area contributed by atoms with Gasteiger partial charge in [-0.1, -0.05) is 25.7 Å². The molecule has 25 heavy (non-hydrogen) atoms. The molecule has 0 aromatic carbocycles. The number of rotatable bonds is 20. The van der Waals surface area contributed by atoms with Crippen molar-refractivity contribution in [1.29, 1.82) is 0 Å². The molecule has 2 aliphatic heterocycles. The summed E-state index contributed by atoms with van der Waals surface area (Å²) in [6.45, 7) is 6.48. The van der Waals surface area contributed by atoms with Crippen molar-refractivity contribution in [3.8, 4) is 0 Å². The minimum atomic E-state index is 0.381. The normalized spacial score (nSPS) is 21.6. The molecule has 0 spiro atoms. The van der Waals surface area contributed by atoms with Crippen LogP contribution in [0.1, 0.15) is 51.4 Å². The summed E-state index contributed by atoms with van der Waals surface area (Å²) in [5.41, 5.74) is 0. The van der Waals surface area contributed by atoms with Crippen molar-refractivity contribution in [2.45, 2.75) is 63.6 Å². The van der Waals surface area contributed by atoms with Gasteiger partial charge in [-0.05, 0) is 25.7 Å². The van der Waals surface area contributed by atoms with Gasteiger partial charge in [-0.15, -0.1) is 0 Å². The molecule has 7 heteroatoms. The second-order valence-electron chi connectivity index (χ2n) is 6.60. The van der Waals surface area contributed by atoms with Crippen LogP contribution in [0.15, 0.2) is 0 Å². The molecule has 0 aromatic rings. The van der Waals surface area contributed by atoms with Crippen molar-refractivity contribution < 1.29 is 27.3 Å². The Hall–Kier alpha value is 0.110. The molecule has 0 radical (unpaired) electrons. The predicted molar refractivity (Wildman–Crippen MR) is 97.5 cm³/mol. The summed E-state index contributed by atoms with van der Waals surface area (Å²) >= 11 is 1.14. The van der Waals surface area contributed by atoms with Crippen LogP contribution >= 0.6 is 12.3 Å². The summed E-state index contributed by atoms with van der Waals surface area (Å²) in [6.07, 6.45) is 9.90. The minimum Gasteiger partial charge on any atom is -0.379 e. The number of ether oxygens (including phenoxy) is 4. The van der Waals surface area contributed by atoms with Crippen LogP contribution in [0.5, 0.6) is 0 Å². The fraction of sp³-hybridized carbons (Fsp3) is 1.00. The molecular weight excluding hydrogens is 344 g/mol. The first-order valence-corrected chi connectivity index (χ1v) is 10.4. The molecule has 0 saturated carbocycles. The Morgan fingerprint density at radius 2 is 1.00 bits per heavy atom. The molecule has 6 nitrogen and oxygen atoms in total. The van der Waals surface area contributed by atoms with Crippen LogP contribution in [0.25, 0.3) is 0 Å². The van der Waals surface area contributed by atoms with Crippen LogP contribution in [0.3, 0.4) is 0 Å². The molecule has 0 amide bonds. The van der Waals surface area contributed by atoms with Crippen LogP contribution in [0.4, 0.5) is 0 Å². The quantitative estimate of drug-likeness (QED) is 0.182. The monoisotopic (exact) mass is 378 g/mol. The molecule has 0 bridgehead atoms. The fourth-order valence-corrected chi connectivity index (χ4v) is 2.74. The number of unbranched alkanes of at least 4 members (excludes halogenated alkanes) is 6. The van der Waals surface area contributed by atoms with Gasteiger partial charge in [0.05, 0.1) is 39.6 Å². The van der Waals surface area contributed by atoms with Crippen molar-refractivity contribution in [3.63, 3.8) is 0 Å². The molecular formula is C18H34O6S. The van der Waals surface area contributed by atoms with Gasteiger partial charge in [-0.3, -0.25) is 8.37 Å². The average Bonchev–Trinajstić information content (AvgIpc) is 3.52. The highest BCUT2D eigenvalue weighted by Gasteiger charge is 2.22. The van der Waals surface area contributed by atoms with Gasteiger partial charge < -0.3 is 18.9 Å². The first-order valence-electron chi connectivity index (χ1n) is 9.75. The second kappa shape index (κ2) is 15.2. The van der Waals surface area contributed by atoms with Crippen molar-refractivity contribution in [2.75, 3.05) is 52.9 Å². The third-order valence-electron chi connectivity index (χ3n) is 4.04. The number of hydrogen-bond acceptors (Lipinski definition) is 7. The molecule has 2 unspecified atom stereocenters. The molecule has 2 fully saturated rings. The molecule has 2 heterocycles. The van der Waals surface area contributed by atoms with E-state index in [-0.39, 0.29) is 0 Å². The molecule has 2 rings (SSSR count). The first kappa shape index (κ1) is 21.4. The predicted octanol–water partition coefficient (Wildman–Crippen LogP) is 3.53. The first-order chi connectivity index (χ1) is 12.4. The van der Waals surface area contributed by atoms with Gasteiger partial charge in [-0.25, -0.2) is 0 Å². The topological polar surface area (TPSA) is 62.0 Å². The minimum absolute atomic E-state index is 0.381. The Kier molecular flexibility index (Phi) is 13.0. The Labute approximate surface area is 156 Å². The van der Waals surface area contributed by atoms with E-state index in [4.69, 9.17) is 27.3 Å². The van der Waals surface area contributed by atoms with Gasteiger partial charge in [-0.2, -0.15) is 0 Å². The maximum atomic E-state index is 5.50. The summed E-state index contributed by atoms with van der Waals surface area (Å²) < 4.78 is 32.0. The van der Waals surface area contributed by atoms with E-state index < -0.39 is 0 Å². The Bertz CT molecular complexity index is 271. The Morgan fingerprint density at radius 1 is 0.600 bits per heavy atom. The molecule has 2 aliphatic rings. The van der Waals surface area contributed by atoms with Crippen LogP contribution in [0, 0.1) is 0 Å². The maximum Gasteiger partial charge on any atom is 0.158 e. The largest absolute Gasteiger partial charge is 0.379 e. The summed E-state index contributed by atoms with van der Waals surface area (Å²) in [4.78, 5) is 0. The lowest BCUT2D eigenvalue weighted by atomic mass is 10.2. The highest BCUT2D eigenvalue weighted by molar-refractivity contribution is 7.89. The van der Waals surface area contributed by atoms with Crippen molar-refractivity contribution in [1.82, 2.24) is 0 Å². The van der Waals surface area contributed by atoms with E-state index in [1.807, 2.05) is 0 Å². The number of epoxide rings is 2. The lowest BCUT2D eigenvalue weighted by molar-refractivity contribution is 0.112. The summed E-state index contributed by atoms with van der Waals surface area (Å²) in [5, 5.41) is 0. The van der Waals surface area contributed by atoms with Crippen molar-refractivity contribution in [2.24, 2.45) is 0 Å². The van der Waals surface area contributed by atoms with E-state index in [9.17, 15) is 0 Å². The van der Waals surface area contributed by atoms with E-state index in [2.05, 4.69) is 0 Å². The summed E-state index contributed by atoms with van der Waals surface area (Å²) in [6, 6.07) is 0. The fourth-order valence-electron chi connectivity index (χ4n) is 2.30. The zero-order valence-electron chi connectivity index (χ0n) is 15.3. The third-order valence-corrected chi connectivity index (χ3v) is 4.57. The molecule has 0 N–H and O–H groups in total. The molecule has 0 aliphatic carbocycles. The van der Waals surface area contributed by atoms with Gasteiger partial charge >= 0.3 is 0 Å². The molecule has 0 aromatic heterocycles. The summed E-state index contributed by atoms with van der Waals surface area (Å²) in [5.74, 6) is 0. The van der Waals surface area contributed by atoms with Gasteiger partial charge in [0.15, 0.2) is 12.3 Å². The zero-order chi connectivity index (χ0) is 17.4. The Balaban J connectivity index is 1.14. The lowest BCUT2D eigenvalue weighted by Crippen LogP contribution is -2.02. The highest BCUT2D eigenvalue weighted by atomic mass is 32.2. The van der Waals surface area contributed by atoms with Gasteiger partial charge in [0.1, 0.15) is 12.2 Å². The van der Waals surface area contributed by atoms with Crippen molar-refractivity contribution >= 4 is 12.3 Å². The second-order valence-corrected chi connectivity index (χ2v) is 7.21. The lowest BCUT2D eigenvalue weighted by Gasteiger charge is -2.05. The van der Waals surface area contributed by atoms with E-state index in [0.717, 1.165) is 90.9 Å². The molecule has 2 saturated heterocycles. The van der Waals surface area contributed by atoms with Gasteiger partial charge in [0.25, 0.3) is 0 Å². The maximum absolute atomic E-state index is 5.50.